The number of carbonyl (C=O) groups excluding carboxylic acids is 1. The molecule has 0 N–H and O–H groups in total. The second-order valence-corrected chi connectivity index (χ2v) is 3.38. The van der Waals surface area contributed by atoms with Gasteiger partial charge in [0, 0.05) is 5.02 Å². The molecule has 78 valence electrons. The molecule has 0 aromatic heterocycles. The highest BCUT2D eigenvalue weighted by Gasteiger charge is 2.06. The molecule has 15 heavy (non-hydrogen) atoms. The molecule has 0 atom stereocenters. The van der Waals surface area contributed by atoms with Crippen molar-refractivity contribution in [3.63, 3.8) is 0 Å². The third-order valence-electron chi connectivity index (χ3n) is 1.74. The monoisotopic (exact) mass is 223 g/mol. The Labute approximate surface area is 93.2 Å². The third-order valence-corrected chi connectivity index (χ3v) is 1.96. The fraction of sp³-hybridized carbons (Fsp3) is 0.273. The number of ether oxygens (including phenoxy) is 1. The normalized spacial score (nSPS) is 9.40. The Hall–Kier alpha value is -1.53. The van der Waals surface area contributed by atoms with Crippen molar-refractivity contribution in [3.05, 3.63) is 34.3 Å². The summed E-state index contributed by atoms with van der Waals surface area (Å²) in [4.78, 5) is 11.2. The van der Waals surface area contributed by atoms with Crippen molar-refractivity contribution >= 4 is 17.6 Å². The molecule has 0 aliphatic heterocycles. The lowest BCUT2D eigenvalue weighted by molar-refractivity contribution is -0.142. The van der Waals surface area contributed by atoms with Gasteiger partial charge >= 0.3 is 5.97 Å². The highest BCUT2D eigenvalue weighted by Crippen LogP contribution is 2.15. The van der Waals surface area contributed by atoms with Gasteiger partial charge in [-0.15, -0.1) is 0 Å². The molecular weight excluding hydrogens is 214 g/mol. The Morgan fingerprint density at radius 3 is 2.87 bits per heavy atom. The number of hydrogen-bond acceptors (Lipinski definition) is 3. The highest BCUT2D eigenvalue weighted by molar-refractivity contribution is 6.30. The van der Waals surface area contributed by atoms with Crippen LogP contribution in [0.25, 0.3) is 0 Å². The molecule has 0 aliphatic carbocycles. The summed E-state index contributed by atoms with van der Waals surface area (Å²) in [5.74, 6) is -0.316. The lowest BCUT2D eigenvalue weighted by Gasteiger charge is -2.03. The molecule has 1 aromatic carbocycles. The van der Waals surface area contributed by atoms with Crippen LogP contribution >= 0.6 is 11.6 Å². The molecule has 0 bridgehead atoms. The van der Waals surface area contributed by atoms with Crippen LogP contribution in [-0.2, 0) is 16.0 Å². The summed E-state index contributed by atoms with van der Waals surface area (Å²) < 4.78 is 4.79. The first-order valence-corrected chi connectivity index (χ1v) is 4.88. The van der Waals surface area contributed by atoms with Gasteiger partial charge in [-0.05, 0) is 30.7 Å². The smallest absolute Gasteiger partial charge is 0.310 e. The van der Waals surface area contributed by atoms with Crippen LogP contribution in [0, 0.1) is 11.3 Å². The first-order valence-electron chi connectivity index (χ1n) is 4.51. The van der Waals surface area contributed by atoms with Crippen molar-refractivity contribution in [2.45, 2.75) is 13.3 Å². The first-order chi connectivity index (χ1) is 7.15. The summed E-state index contributed by atoms with van der Waals surface area (Å²) in [6.07, 6.45) is 0.142. The van der Waals surface area contributed by atoms with Gasteiger partial charge in [0.2, 0.25) is 0 Å². The van der Waals surface area contributed by atoms with Gasteiger partial charge in [0.15, 0.2) is 0 Å². The van der Waals surface area contributed by atoms with Gasteiger partial charge < -0.3 is 4.74 Å². The SMILES string of the molecule is CCOC(=O)Cc1cc(Cl)cc(C#N)c1. The van der Waals surface area contributed by atoms with E-state index >= 15 is 0 Å². The third kappa shape index (κ3) is 3.61. The zero-order valence-corrected chi connectivity index (χ0v) is 9.04. The van der Waals surface area contributed by atoms with Crippen LogP contribution in [0.1, 0.15) is 18.1 Å². The molecule has 1 aromatic rings. The summed E-state index contributed by atoms with van der Waals surface area (Å²) in [6.45, 7) is 2.10. The highest BCUT2D eigenvalue weighted by atomic mass is 35.5. The number of esters is 1. The van der Waals surface area contributed by atoms with E-state index in [2.05, 4.69) is 0 Å². The van der Waals surface area contributed by atoms with Crippen molar-refractivity contribution in [1.82, 2.24) is 0 Å². The van der Waals surface area contributed by atoms with Crippen LogP contribution in [0.3, 0.4) is 0 Å². The van der Waals surface area contributed by atoms with Gasteiger partial charge in [0.05, 0.1) is 24.7 Å². The predicted molar refractivity (Wildman–Crippen MR) is 56.5 cm³/mol. The van der Waals surface area contributed by atoms with E-state index in [0.29, 0.717) is 22.8 Å². The minimum absolute atomic E-state index is 0.142. The molecule has 4 heteroatoms. The standard InChI is InChI=1S/C11H10ClNO2/c1-2-15-11(14)6-8-3-9(7-13)5-10(12)4-8/h3-5H,2,6H2,1H3. The number of benzene rings is 1. The maximum Gasteiger partial charge on any atom is 0.310 e. The maximum absolute atomic E-state index is 11.2. The second-order valence-electron chi connectivity index (χ2n) is 2.94. The maximum atomic E-state index is 11.2. The van der Waals surface area contributed by atoms with E-state index in [4.69, 9.17) is 21.6 Å². The summed E-state index contributed by atoms with van der Waals surface area (Å²) in [5, 5.41) is 9.15. The number of nitriles is 1. The van der Waals surface area contributed by atoms with Crippen LogP contribution < -0.4 is 0 Å². The van der Waals surface area contributed by atoms with Gasteiger partial charge in [-0.3, -0.25) is 4.79 Å². The van der Waals surface area contributed by atoms with Crippen molar-refractivity contribution in [3.8, 4) is 6.07 Å². The fourth-order valence-corrected chi connectivity index (χ4v) is 1.45. The minimum atomic E-state index is -0.316. The zero-order valence-electron chi connectivity index (χ0n) is 8.29. The number of hydrogen-bond donors (Lipinski definition) is 0. The predicted octanol–water partition coefficient (Wildman–Crippen LogP) is 2.32. The van der Waals surface area contributed by atoms with Crippen LogP contribution in [0.5, 0.6) is 0 Å². The second kappa shape index (κ2) is 5.38. The Bertz CT molecular complexity index is 410. The molecular formula is C11H10ClNO2. The average Bonchev–Trinajstić information content (AvgIpc) is 2.17. The van der Waals surface area contributed by atoms with Crippen LogP contribution in [0.4, 0.5) is 0 Å². The van der Waals surface area contributed by atoms with Gasteiger partial charge in [-0.25, -0.2) is 0 Å². The molecule has 0 amide bonds. The summed E-state index contributed by atoms with van der Waals surface area (Å²) in [5.41, 5.74) is 1.14. The fourth-order valence-electron chi connectivity index (χ4n) is 1.20. The Balaban J connectivity index is 2.82. The lowest BCUT2D eigenvalue weighted by atomic mass is 10.1. The number of carbonyl (C=O) groups is 1. The van der Waals surface area contributed by atoms with Crippen LogP contribution in [0.15, 0.2) is 18.2 Å². The minimum Gasteiger partial charge on any atom is -0.466 e. The molecule has 3 nitrogen and oxygen atoms in total. The Morgan fingerprint density at radius 2 is 2.27 bits per heavy atom. The van der Waals surface area contributed by atoms with Gasteiger partial charge in [-0.2, -0.15) is 5.26 Å². The van der Waals surface area contributed by atoms with E-state index in [9.17, 15) is 4.79 Å². The largest absolute Gasteiger partial charge is 0.466 e. The van der Waals surface area contributed by atoms with Gasteiger partial charge in [-0.1, -0.05) is 11.6 Å². The van der Waals surface area contributed by atoms with Gasteiger partial charge in [0.25, 0.3) is 0 Å². The molecule has 0 radical (unpaired) electrons. The molecule has 0 saturated heterocycles. The first kappa shape index (κ1) is 11.5. The van der Waals surface area contributed by atoms with E-state index in [1.54, 1.807) is 25.1 Å². The van der Waals surface area contributed by atoms with E-state index in [0.717, 1.165) is 0 Å². The molecule has 0 spiro atoms. The van der Waals surface area contributed by atoms with Gasteiger partial charge in [0.1, 0.15) is 0 Å². The zero-order chi connectivity index (χ0) is 11.3. The van der Waals surface area contributed by atoms with Crippen molar-refractivity contribution in [2.75, 3.05) is 6.61 Å². The summed E-state index contributed by atoms with van der Waals surface area (Å²) in [6, 6.07) is 6.81. The molecule has 0 saturated carbocycles. The Morgan fingerprint density at radius 1 is 1.53 bits per heavy atom. The van der Waals surface area contributed by atoms with E-state index < -0.39 is 0 Å². The lowest BCUT2D eigenvalue weighted by Crippen LogP contribution is -2.07. The number of halogens is 1. The van der Waals surface area contributed by atoms with E-state index in [1.807, 2.05) is 6.07 Å². The number of nitrogens with zero attached hydrogens (tertiary/aromatic N) is 1. The molecule has 0 aliphatic rings. The van der Waals surface area contributed by atoms with Crippen molar-refractivity contribution in [2.24, 2.45) is 0 Å². The van der Waals surface area contributed by atoms with Crippen LogP contribution in [-0.4, -0.2) is 12.6 Å². The quantitative estimate of drug-likeness (QED) is 0.739. The van der Waals surface area contributed by atoms with E-state index in [1.165, 1.54) is 0 Å². The Kier molecular flexibility index (Phi) is 4.14. The van der Waals surface area contributed by atoms with Crippen molar-refractivity contribution < 1.29 is 9.53 Å². The van der Waals surface area contributed by atoms with Crippen molar-refractivity contribution in [1.29, 1.82) is 5.26 Å². The molecule has 1 rings (SSSR count). The van der Waals surface area contributed by atoms with Crippen LogP contribution in [0.2, 0.25) is 5.02 Å². The van der Waals surface area contributed by atoms with E-state index in [-0.39, 0.29) is 12.4 Å². The number of rotatable bonds is 3. The summed E-state index contributed by atoms with van der Waals surface area (Å²) >= 11 is 5.79. The summed E-state index contributed by atoms with van der Waals surface area (Å²) in [7, 11) is 0. The molecule has 0 unspecified atom stereocenters. The molecule has 0 fully saturated rings. The topological polar surface area (TPSA) is 50.1 Å². The molecule has 0 heterocycles. The average molecular weight is 224 g/mol.